The molecule has 0 fully saturated rings. The third kappa shape index (κ3) is 4.15. The van der Waals surface area contributed by atoms with E-state index in [0.29, 0.717) is 18.1 Å². The predicted octanol–water partition coefficient (Wildman–Crippen LogP) is 5.29. The van der Waals surface area contributed by atoms with Gasteiger partial charge in [0.2, 0.25) is 0 Å². The Morgan fingerprint density at radius 1 is 1.07 bits per heavy atom. The third-order valence-corrected chi connectivity index (χ3v) is 4.94. The molecule has 1 aliphatic heterocycles. The number of nitrogens with one attached hydrogen (secondary N) is 1. The summed E-state index contributed by atoms with van der Waals surface area (Å²) in [5.74, 6) is 1.19. The second-order valence-corrected chi connectivity index (χ2v) is 7.25. The molecule has 30 heavy (non-hydrogen) atoms. The van der Waals surface area contributed by atoms with Gasteiger partial charge in [-0.25, -0.2) is 4.99 Å². The SMILES string of the molecule is COc1ccc(C2=N/C(=C\c3[nH]c(C)cc3C)C(OCc3ccccc3)=C2)cc1O. The maximum atomic E-state index is 10.2. The van der Waals surface area contributed by atoms with Gasteiger partial charge in [0.05, 0.1) is 12.8 Å². The summed E-state index contributed by atoms with van der Waals surface area (Å²) in [6.07, 6.45) is 3.90. The zero-order valence-electron chi connectivity index (χ0n) is 17.3. The van der Waals surface area contributed by atoms with Crippen molar-refractivity contribution in [3.63, 3.8) is 0 Å². The van der Waals surface area contributed by atoms with Crippen LogP contribution in [0.1, 0.15) is 28.1 Å². The lowest BCUT2D eigenvalue weighted by atomic mass is 10.1. The van der Waals surface area contributed by atoms with Crippen LogP contribution in [0.25, 0.3) is 6.08 Å². The number of hydrogen-bond acceptors (Lipinski definition) is 4. The molecule has 0 unspecified atom stereocenters. The van der Waals surface area contributed by atoms with Crippen LogP contribution in [-0.2, 0) is 11.3 Å². The number of nitrogens with zero attached hydrogens (tertiary/aromatic N) is 1. The highest BCUT2D eigenvalue weighted by Crippen LogP contribution is 2.31. The monoisotopic (exact) mass is 400 g/mol. The molecule has 0 atom stereocenters. The average Bonchev–Trinajstić information content (AvgIpc) is 3.29. The zero-order valence-corrected chi connectivity index (χ0v) is 17.3. The largest absolute Gasteiger partial charge is 0.504 e. The van der Waals surface area contributed by atoms with Crippen LogP contribution in [-0.4, -0.2) is 22.9 Å². The molecule has 2 N–H and O–H groups in total. The number of phenols is 1. The van der Waals surface area contributed by atoms with Crippen molar-refractivity contribution in [1.82, 2.24) is 4.98 Å². The number of ether oxygens (including phenoxy) is 2. The molecule has 0 saturated heterocycles. The van der Waals surface area contributed by atoms with Crippen LogP contribution < -0.4 is 4.74 Å². The molecule has 0 saturated carbocycles. The molecule has 1 aliphatic rings. The van der Waals surface area contributed by atoms with Crippen molar-refractivity contribution in [2.45, 2.75) is 20.5 Å². The number of hydrogen-bond donors (Lipinski definition) is 2. The number of H-pyrrole nitrogens is 1. The highest BCUT2D eigenvalue weighted by atomic mass is 16.5. The number of aromatic nitrogens is 1. The van der Waals surface area contributed by atoms with Gasteiger partial charge >= 0.3 is 0 Å². The van der Waals surface area contributed by atoms with E-state index in [-0.39, 0.29) is 5.75 Å². The van der Waals surface area contributed by atoms with E-state index in [1.165, 1.54) is 7.11 Å². The minimum absolute atomic E-state index is 0.0751. The first-order chi connectivity index (χ1) is 14.5. The van der Waals surface area contributed by atoms with Crippen LogP contribution in [0.4, 0.5) is 0 Å². The van der Waals surface area contributed by atoms with Crippen LogP contribution in [0.5, 0.6) is 11.5 Å². The van der Waals surface area contributed by atoms with Crippen LogP contribution in [0, 0.1) is 13.8 Å². The van der Waals surface area contributed by atoms with E-state index in [1.807, 2.05) is 55.5 Å². The molecular formula is C25H24N2O3. The Balaban J connectivity index is 1.68. The summed E-state index contributed by atoms with van der Waals surface area (Å²) in [4.78, 5) is 8.14. The number of phenolic OH excluding ortho intramolecular Hbond substituents is 1. The number of rotatable bonds is 6. The first-order valence-electron chi connectivity index (χ1n) is 9.76. The maximum Gasteiger partial charge on any atom is 0.160 e. The minimum atomic E-state index is 0.0751. The van der Waals surface area contributed by atoms with E-state index in [9.17, 15) is 5.11 Å². The maximum absolute atomic E-state index is 10.2. The molecule has 0 spiro atoms. The Morgan fingerprint density at radius 2 is 1.87 bits per heavy atom. The number of aromatic hydroxyl groups is 1. The molecule has 5 nitrogen and oxygen atoms in total. The van der Waals surface area contributed by atoms with Gasteiger partial charge in [0.1, 0.15) is 18.1 Å². The van der Waals surface area contributed by atoms with Crippen LogP contribution >= 0.6 is 0 Å². The van der Waals surface area contributed by atoms with E-state index in [2.05, 4.69) is 18.0 Å². The first-order valence-corrected chi connectivity index (χ1v) is 9.76. The van der Waals surface area contributed by atoms with Gasteiger partial charge < -0.3 is 19.6 Å². The zero-order chi connectivity index (χ0) is 21.1. The lowest BCUT2D eigenvalue weighted by Gasteiger charge is -2.08. The Labute approximate surface area is 176 Å². The second kappa shape index (κ2) is 8.33. The summed E-state index contributed by atoms with van der Waals surface area (Å²) >= 11 is 0. The fourth-order valence-electron chi connectivity index (χ4n) is 3.40. The van der Waals surface area contributed by atoms with Crippen molar-refractivity contribution >= 4 is 11.8 Å². The minimum Gasteiger partial charge on any atom is -0.504 e. The molecule has 0 aliphatic carbocycles. The summed E-state index contributed by atoms with van der Waals surface area (Å²) < 4.78 is 11.3. The van der Waals surface area contributed by atoms with Crippen LogP contribution in [0.3, 0.4) is 0 Å². The molecular weight excluding hydrogens is 376 g/mol. The van der Waals surface area contributed by atoms with Gasteiger partial charge in [-0.2, -0.15) is 0 Å². The molecule has 1 aromatic heterocycles. The highest BCUT2D eigenvalue weighted by molar-refractivity contribution is 6.12. The molecule has 5 heteroatoms. The summed E-state index contributed by atoms with van der Waals surface area (Å²) in [6, 6.07) is 17.4. The number of methoxy groups -OCH3 is 1. The molecule has 0 radical (unpaired) electrons. The number of aliphatic imine (C=N–C) groups is 1. The van der Waals surface area contributed by atoms with E-state index in [0.717, 1.165) is 39.5 Å². The Hall–Kier alpha value is -3.73. The number of aryl methyl sites for hydroxylation is 2. The second-order valence-electron chi connectivity index (χ2n) is 7.25. The predicted molar refractivity (Wildman–Crippen MR) is 119 cm³/mol. The van der Waals surface area contributed by atoms with Crippen molar-refractivity contribution in [3.05, 3.63) is 100 Å². The van der Waals surface area contributed by atoms with Crippen molar-refractivity contribution in [2.75, 3.05) is 7.11 Å². The summed E-state index contributed by atoms with van der Waals surface area (Å²) in [7, 11) is 1.53. The number of aromatic amines is 1. The topological polar surface area (TPSA) is 66.8 Å². The molecule has 2 heterocycles. The fourth-order valence-corrected chi connectivity index (χ4v) is 3.40. The molecule has 152 valence electrons. The van der Waals surface area contributed by atoms with Gasteiger partial charge in [-0.05, 0) is 55.3 Å². The van der Waals surface area contributed by atoms with Gasteiger partial charge in [0.15, 0.2) is 11.5 Å². The van der Waals surface area contributed by atoms with E-state index in [4.69, 9.17) is 14.5 Å². The van der Waals surface area contributed by atoms with Crippen molar-refractivity contribution in [1.29, 1.82) is 0 Å². The summed E-state index contributed by atoms with van der Waals surface area (Å²) in [5.41, 5.74) is 6.58. The lowest BCUT2D eigenvalue weighted by Crippen LogP contribution is -1.96. The molecule has 2 aromatic carbocycles. The Bertz CT molecular complexity index is 1150. The van der Waals surface area contributed by atoms with Crippen molar-refractivity contribution in [2.24, 2.45) is 4.99 Å². The highest BCUT2D eigenvalue weighted by Gasteiger charge is 2.19. The average molecular weight is 400 g/mol. The number of benzene rings is 2. The third-order valence-electron chi connectivity index (χ3n) is 4.94. The van der Waals surface area contributed by atoms with E-state index < -0.39 is 0 Å². The molecule has 3 aromatic rings. The lowest BCUT2D eigenvalue weighted by molar-refractivity contribution is 0.208. The van der Waals surface area contributed by atoms with Gasteiger partial charge in [-0.15, -0.1) is 0 Å². The smallest absolute Gasteiger partial charge is 0.160 e. The van der Waals surface area contributed by atoms with Crippen LogP contribution in [0.2, 0.25) is 0 Å². The summed E-state index contributed by atoms with van der Waals surface area (Å²) in [6.45, 7) is 4.54. The molecule has 4 rings (SSSR count). The fraction of sp³-hybridized carbons (Fsp3) is 0.160. The van der Waals surface area contributed by atoms with Crippen LogP contribution in [0.15, 0.2) is 77.1 Å². The van der Waals surface area contributed by atoms with Gasteiger partial charge in [-0.3, -0.25) is 0 Å². The normalized spacial score (nSPS) is 14.6. The standard InChI is InChI=1S/C25H24N2O3/c1-16-11-17(2)26-20(16)13-22-25(30-15-18-7-5-4-6-8-18)14-21(27-22)19-9-10-24(29-3)23(28)12-19/h4-14,26,28H,15H2,1-3H3/b22-13-. The van der Waals surface area contributed by atoms with E-state index in [1.54, 1.807) is 12.1 Å². The summed E-state index contributed by atoms with van der Waals surface area (Å²) in [5, 5.41) is 10.2. The quantitative estimate of drug-likeness (QED) is 0.591. The van der Waals surface area contributed by atoms with Gasteiger partial charge in [0.25, 0.3) is 0 Å². The Kier molecular flexibility index (Phi) is 5.44. The Morgan fingerprint density at radius 3 is 2.53 bits per heavy atom. The number of allylic oxidation sites excluding steroid dienone is 1. The van der Waals surface area contributed by atoms with E-state index >= 15 is 0 Å². The first kappa shape index (κ1) is 19.6. The molecule has 0 amide bonds. The van der Waals surface area contributed by atoms with Gasteiger partial charge in [0, 0.05) is 23.0 Å². The van der Waals surface area contributed by atoms with Crippen molar-refractivity contribution in [3.8, 4) is 11.5 Å². The molecule has 0 bridgehead atoms. The van der Waals surface area contributed by atoms with Gasteiger partial charge in [-0.1, -0.05) is 30.3 Å². The van der Waals surface area contributed by atoms with Crippen molar-refractivity contribution < 1.29 is 14.6 Å².